The van der Waals surface area contributed by atoms with E-state index in [2.05, 4.69) is 41.1 Å². The van der Waals surface area contributed by atoms with Crippen LogP contribution in [0.25, 0.3) is 0 Å². The van der Waals surface area contributed by atoms with Crippen LogP contribution in [-0.4, -0.2) is 0 Å². The van der Waals surface area contributed by atoms with Crippen LogP contribution in [0.15, 0.2) is 22.7 Å². The van der Waals surface area contributed by atoms with Crippen LogP contribution in [0.3, 0.4) is 0 Å². The number of rotatable bonds is 2. The lowest BCUT2D eigenvalue weighted by Crippen LogP contribution is -2.24. The zero-order chi connectivity index (χ0) is 11.5. The summed E-state index contributed by atoms with van der Waals surface area (Å²) in [7, 11) is 0. The van der Waals surface area contributed by atoms with E-state index in [4.69, 9.17) is 5.73 Å². The van der Waals surface area contributed by atoms with Gasteiger partial charge in [0.15, 0.2) is 0 Å². The molecule has 0 aliphatic heterocycles. The van der Waals surface area contributed by atoms with Gasteiger partial charge in [0.25, 0.3) is 0 Å². The normalized spacial score (nSPS) is 19.7. The predicted molar refractivity (Wildman–Crippen MR) is 72.4 cm³/mol. The zero-order valence-corrected chi connectivity index (χ0v) is 11.5. The number of benzene rings is 1. The van der Waals surface area contributed by atoms with Crippen molar-refractivity contribution >= 4 is 15.9 Å². The Kier molecular flexibility index (Phi) is 4.04. The van der Waals surface area contributed by atoms with Gasteiger partial charge in [-0.25, -0.2) is 0 Å². The van der Waals surface area contributed by atoms with Crippen LogP contribution in [0.4, 0.5) is 0 Å². The van der Waals surface area contributed by atoms with Gasteiger partial charge in [-0.15, -0.1) is 0 Å². The largest absolute Gasteiger partial charge is 0.324 e. The summed E-state index contributed by atoms with van der Waals surface area (Å²) in [6.45, 7) is 2.13. The number of aryl methyl sites for hydroxylation is 1. The second-order valence-electron chi connectivity index (χ2n) is 4.90. The van der Waals surface area contributed by atoms with E-state index in [0.29, 0.717) is 5.92 Å². The molecule has 1 aromatic carbocycles. The molecule has 1 saturated carbocycles. The minimum absolute atomic E-state index is 0.203. The molecule has 0 heterocycles. The fourth-order valence-corrected chi connectivity index (χ4v) is 3.20. The van der Waals surface area contributed by atoms with Crippen LogP contribution >= 0.6 is 15.9 Å². The molecule has 88 valence electrons. The van der Waals surface area contributed by atoms with E-state index in [1.165, 1.54) is 47.7 Å². The lowest BCUT2D eigenvalue weighted by atomic mass is 9.81. The van der Waals surface area contributed by atoms with Crippen molar-refractivity contribution in [1.82, 2.24) is 0 Å². The minimum Gasteiger partial charge on any atom is -0.324 e. The third kappa shape index (κ3) is 2.49. The Bertz CT molecular complexity index is 356. The van der Waals surface area contributed by atoms with E-state index in [9.17, 15) is 0 Å². The van der Waals surface area contributed by atoms with Gasteiger partial charge in [-0.3, -0.25) is 0 Å². The Labute approximate surface area is 107 Å². The number of halogens is 1. The molecule has 0 radical (unpaired) electrons. The van der Waals surface area contributed by atoms with Gasteiger partial charge in [-0.1, -0.05) is 53.4 Å². The van der Waals surface area contributed by atoms with Gasteiger partial charge in [0, 0.05) is 10.5 Å². The van der Waals surface area contributed by atoms with Crippen molar-refractivity contribution in [1.29, 1.82) is 0 Å². The van der Waals surface area contributed by atoms with Gasteiger partial charge in [-0.05, 0) is 36.8 Å². The SMILES string of the molecule is Cc1cccc(C(N)C2CCCCC2)c1Br. The molecule has 1 aliphatic carbocycles. The second kappa shape index (κ2) is 5.33. The molecule has 16 heavy (non-hydrogen) atoms. The molecular formula is C14H20BrN. The second-order valence-corrected chi connectivity index (χ2v) is 5.69. The monoisotopic (exact) mass is 281 g/mol. The Morgan fingerprint density at radius 2 is 1.94 bits per heavy atom. The smallest absolute Gasteiger partial charge is 0.0334 e. The number of hydrogen-bond donors (Lipinski definition) is 1. The summed E-state index contributed by atoms with van der Waals surface area (Å²) in [4.78, 5) is 0. The fourth-order valence-electron chi connectivity index (χ4n) is 2.67. The van der Waals surface area contributed by atoms with Gasteiger partial charge in [0.05, 0.1) is 0 Å². The van der Waals surface area contributed by atoms with Gasteiger partial charge in [-0.2, -0.15) is 0 Å². The number of nitrogens with two attached hydrogens (primary N) is 1. The van der Waals surface area contributed by atoms with Gasteiger partial charge >= 0.3 is 0 Å². The first-order chi connectivity index (χ1) is 7.70. The fraction of sp³-hybridized carbons (Fsp3) is 0.571. The standard InChI is InChI=1S/C14H20BrN/c1-10-6-5-9-12(13(10)15)14(16)11-7-3-2-4-8-11/h5-6,9,11,14H,2-4,7-8,16H2,1H3. The van der Waals surface area contributed by atoms with Gasteiger partial charge < -0.3 is 5.73 Å². The Balaban J connectivity index is 2.19. The van der Waals surface area contributed by atoms with Crippen molar-refractivity contribution in [3.63, 3.8) is 0 Å². The molecule has 2 rings (SSSR count). The summed E-state index contributed by atoms with van der Waals surface area (Å²) in [5.74, 6) is 0.673. The Morgan fingerprint density at radius 3 is 2.62 bits per heavy atom. The first kappa shape index (κ1) is 12.1. The molecule has 2 heteroatoms. The average Bonchev–Trinajstić information content (AvgIpc) is 2.33. The topological polar surface area (TPSA) is 26.0 Å². The summed E-state index contributed by atoms with van der Waals surface area (Å²) < 4.78 is 1.20. The highest BCUT2D eigenvalue weighted by atomic mass is 79.9. The molecule has 0 spiro atoms. The molecule has 1 aromatic rings. The van der Waals surface area contributed by atoms with Crippen molar-refractivity contribution in [3.05, 3.63) is 33.8 Å². The average molecular weight is 282 g/mol. The third-order valence-electron chi connectivity index (χ3n) is 3.74. The lowest BCUT2D eigenvalue weighted by molar-refractivity contribution is 0.307. The van der Waals surface area contributed by atoms with E-state index >= 15 is 0 Å². The summed E-state index contributed by atoms with van der Waals surface area (Å²) in [5.41, 5.74) is 8.97. The van der Waals surface area contributed by atoms with Crippen molar-refractivity contribution in [2.75, 3.05) is 0 Å². The third-order valence-corrected chi connectivity index (χ3v) is 4.82. The molecule has 1 fully saturated rings. The molecule has 0 bridgehead atoms. The summed E-state index contributed by atoms with van der Waals surface area (Å²) in [6, 6.07) is 6.60. The van der Waals surface area contributed by atoms with Gasteiger partial charge in [0.1, 0.15) is 0 Å². The maximum absolute atomic E-state index is 6.41. The van der Waals surface area contributed by atoms with E-state index in [1.54, 1.807) is 0 Å². The molecule has 1 unspecified atom stereocenters. The van der Waals surface area contributed by atoms with Crippen LogP contribution < -0.4 is 5.73 Å². The summed E-state index contributed by atoms with van der Waals surface area (Å²) in [6.07, 6.45) is 6.67. The van der Waals surface area contributed by atoms with Gasteiger partial charge in [0.2, 0.25) is 0 Å². The van der Waals surface area contributed by atoms with Crippen molar-refractivity contribution < 1.29 is 0 Å². The maximum atomic E-state index is 6.41. The molecule has 1 nitrogen and oxygen atoms in total. The summed E-state index contributed by atoms with van der Waals surface area (Å²) in [5, 5.41) is 0. The predicted octanol–water partition coefficient (Wildman–Crippen LogP) is 4.34. The first-order valence-corrected chi connectivity index (χ1v) is 7.00. The molecule has 2 N–H and O–H groups in total. The summed E-state index contributed by atoms with van der Waals surface area (Å²) >= 11 is 3.67. The quantitative estimate of drug-likeness (QED) is 0.858. The zero-order valence-electron chi connectivity index (χ0n) is 9.88. The number of hydrogen-bond acceptors (Lipinski definition) is 1. The molecule has 0 aromatic heterocycles. The highest BCUT2D eigenvalue weighted by Gasteiger charge is 2.23. The van der Waals surface area contributed by atoms with E-state index in [-0.39, 0.29) is 6.04 Å². The lowest BCUT2D eigenvalue weighted by Gasteiger charge is -2.28. The Hall–Kier alpha value is -0.340. The highest BCUT2D eigenvalue weighted by Crippen LogP contribution is 2.36. The molecular weight excluding hydrogens is 262 g/mol. The van der Waals surface area contributed by atoms with Crippen molar-refractivity contribution in [2.24, 2.45) is 11.7 Å². The van der Waals surface area contributed by atoms with Crippen LogP contribution in [0.5, 0.6) is 0 Å². The van der Waals surface area contributed by atoms with E-state index in [0.717, 1.165) is 0 Å². The van der Waals surface area contributed by atoms with Crippen molar-refractivity contribution in [2.45, 2.75) is 45.1 Å². The Morgan fingerprint density at radius 1 is 1.25 bits per heavy atom. The molecule has 1 aliphatic rings. The first-order valence-electron chi connectivity index (χ1n) is 6.20. The van der Waals surface area contributed by atoms with E-state index < -0.39 is 0 Å². The van der Waals surface area contributed by atoms with Crippen LogP contribution in [0, 0.1) is 12.8 Å². The van der Waals surface area contributed by atoms with Crippen LogP contribution in [0.1, 0.15) is 49.3 Å². The highest BCUT2D eigenvalue weighted by molar-refractivity contribution is 9.10. The molecule has 1 atom stereocenters. The van der Waals surface area contributed by atoms with Crippen molar-refractivity contribution in [3.8, 4) is 0 Å². The van der Waals surface area contributed by atoms with Crippen LogP contribution in [0.2, 0.25) is 0 Å². The maximum Gasteiger partial charge on any atom is 0.0334 e. The molecule has 0 amide bonds. The van der Waals surface area contributed by atoms with Crippen LogP contribution in [-0.2, 0) is 0 Å². The molecule has 0 saturated heterocycles. The minimum atomic E-state index is 0.203. The van der Waals surface area contributed by atoms with E-state index in [1.807, 2.05) is 0 Å².